The maximum Gasteiger partial charge on any atom is 0.150 e. The lowest BCUT2D eigenvalue weighted by Gasteiger charge is -2.21. The molecule has 2 aromatic carbocycles. The molecule has 21 heavy (non-hydrogen) atoms. The fourth-order valence-electron chi connectivity index (χ4n) is 2.33. The minimum Gasteiger partial charge on any atom is -0.496 e. The summed E-state index contributed by atoms with van der Waals surface area (Å²) >= 11 is 0. The van der Waals surface area contributed by atoms with E-state index in [4.69, 9.17) is 4.74 Å². The number of hydrogen-bond donors (Lipinski definition) is 0. The SMILES string of the molecule is CCc1ccc(N(C)Cc2cc(C=O)ccc2OC)cc1. The molecule has 3 heteroatoms. The quantitative estimate of drug-likeness (QED) is 0.757. The van der Waals surface area contributed by atoms with Crippen LogP contribution >= 0.6 is 0 Å². The van der Waals surface area contributed by atoms with Crippen LogP contribution in [-0.2, 0) is 13.0 Å². The Morgan fingerprint density at radius 3 is 2.43 bits per heavy atom. The number of rotatable bonds is 6. The number of methoxy groups -OCH3 is 1. The Hall–Kier alpha value is -2.29. The van der Waals surface area contributed by atoms with Crippen LogP contribution in [0.1, 0.15) is 28.4 Å². The summed E-state index contributed by atoms with van der Waals surface area (Å²) in [5, 5.41) is 0. The minimum atomic E-state index is 0.667. The number of aryl methyl sites for hydroxylation is 1. The van der Waals surface area contributed by atoms with Gasteiger partial charge in [-0.3, -0.25) is 4.79 Å². The van der Waals surface area contributed by atoms with E-state index in [0.717, 1.165) is 29.7 Å². The minimum absolute atomic E-state index is 0.667. The molecule has 0 unspecified atom stereocenters. The molecule has 0 N–H and O–H groups in total. The molecule has 3 nitrogen and oxygen atoms in total. The summed E-state index contributed by atoms with van der Waals surface area (Å²) in [6, 6.07) is 14.0. The van der Waals surface area contributed by atoms with Gasteiger partial charge in [-0.1, -0.05) is 19.1 Å². The average molecular weight is 283 g/mol. The van der Waals surface area contributed by atoms with Crippen LogP contribution in [-0.4, -0.2) is 20.4 Å². The third-order valence-corrected chi connectivity index (χ3v) is 3.63. The summed E-state index contributed by atoms with van der Waals surface area (Å²) in [4.78, 5) is 13.1. The average Bonchev–Trinajstić information content (AvgIpc) is 2.54. The maximum absolute atomic E-state index is 10.9. The number of carbonyl (C=O) groups excluding carboxylic acids is 1. The van der Waals surface area contributed by atoms with Crippen molar-refractivity contribution in [3.63, 3.8) is 0 Å². The summed E-state index contributed by atoms with van der Waals surface area (Å²) in [7, 11) is 3.68. The molecule has 0 aliphatic carbocycles. The predicted molar refractivity (Wildman–Crippen MR) is 86.3 cm³/mol. The summed E-state index contributed by atoms with van der Waals surface area (Å²) in [5.74, 6) is 0.803. The van der Waals surface area contributed by atoms with Crippen molar-refractivity contribution < 1.29 is 9.53 Å². The van der Waals surface area contributed by atoms with Crippen molar-refractivity contribution in [1.29, 1.82) is 0 Å². The third kappa shape index (κ3) is 3.63. The first-order chi connectivity index (χ1) is 10.2. The van der Waals surface area contributed by atoms with Gasteiger partial charge in [0.25, 0.3) is 0 Å². The van der Waals surface area contributed by atoms with Gasteiger partial charge in [0.2, 0.25) is 0 Å². The second-order valence-corrected chi connectivity index (χ2v) is 5.07. The molecule has 0 saturated heterocycles. The van der Waals surface area contributed by atoms with Gasteiger partial charge in [-0.15, -0.1) is 0 Å². The van der Waals surface area contributed by atoms with Gasteiger partial charge >= 0.3 is 0 Å². The molecule has 2 aromatic rings. The van der Waals surface area contributed by atoms with Crippen molar-refractivity contribution >= 4 is 12.0 Å². The zero-order chi connectivity index (χ0) is 15.2. The molecule has 0 amide bonds. The number of anilines is 1. The number of ether oxygens (including phenoxy) is 1. The highest BCUT2D eigenvalue weighted by molar-refractivity contribution is 5.75. The van der Waals surface area contributed by atoms with E-state index in [1.165, 1.54) is 5.56 Å². The zero-order valence-corrected chi connectivity index (χ0v) is 12.8. The van der Waals surface area contributed by atoms with E-state index >= 15 is 0 Å². The third-order valence-electron chi connectivity index (χ3n) is 3.63. The van der Waals surface area contributed by atoms with Gasteiger partial charge in [-0.2, -0.15) is 0 Å². The first-order valence-electron chi connectivity index (χ1n) is 7.10. The Kier molecular flexibility index (Phi) is 4.99. The summed E-state index contributed by atoms with van der Waals surface area (Å²) < 4.78 is 5.38. The van der Waals surface area contributed by atoms with Crippen LogP contribution in [0.5, 0.6) is 5.75 Å². The van der Waals surface area contributed by atoms with Gasteiger partial charge in [0.15, 0.2) is 0 Å². The lowest BCUT2D eigenvalue weighted by Crippen LogP contribution is -2.17. The van der Waals surface area contributed by atoms with Crippen LogP contribution in [0.4, 0.5) is 5.69 Å². The first kappa shape index (κ1) is 15.1. The van der Waals surface area contributed by atoms with Gasteiger partial charge in [-0.05, 0) is 42.3 Å². The summed E-state index contributed by atoms with van der Waals surface area (Å²) in [6.45, 7) is 2.84. The van der Waals surface area contributed by atoms with E-state index in [0.29, 0.717) is 12.1 Å². The molecular formula is C18H21NO2. The van der Waals surface area contributed by atoms with Crippen molar-refractivity contribution in [2.45, 2.75) is 19.9 Å². The molecule has 110 valence electrons. The molecule has 0 spiro atoms. The highest BCUT2D eigenvalue weighted by Gasteiger charge is 2.08. The van der Waals surface area contributed by atoms with Gasteiger partial charge in [0.1, 0.15) is 12.0 Å². The second kappa shape index (κ2) is 6.93. The van der Waals surface area contributed by atoms with E-state index in [1.807, 2.05) is 19.2 Å². The van der Waals surface area contributed by atoms with Crippen molar-refractivity contribution in [3.8, 4) is 5.75 Å². The number of aldehydes is 1. The number of carbonyl (C=O) groups is 1. The van der Waals surface area contributed by atoms with Gasteiger partial charge < -0.3 is 9.64 Å². The largest absolute Gasteiger partial charge is 0.496 e. The van der Waals surface area contributed by atoms with E-state index in [9.17, 15) is 4.79 Å². The van der Waals surface area contributed by atoms with Crippen LogP contribution < -0.4 is 9.64 Å². The molecule has 0 fully saturated rings. The highest BCUT2D eigenvalue weighted by Crippen LogP contribution is 2.23. The van der Waals surface area contributed by atoms with E-state index in [-0.39, 0.29) is 0 Å². The normalized spacial score (nSPS) is 10.2. The lowest BCUT2D eigenvalue weighted by molar-refractivity contribution is 0.112. The summed E-state index contributed by atoms with van der Waals surface area (Å²) in [6.07, 6.45) is 1.90. The Labute approximate surface area is 126 Å². The summed E-state index contributed by atoms with van der Waals surface area (Å²) in [5.41, 5.74) is 4.14. The zero-order valence-electron chi connectivity index (χ0n) is 12.8. The molecule has 0 aromatic heterocycles. The van der Waals surface area contributed by atoms with Crippen LogP contribution in [0.3, 0.4) is 0 Å². The van der Waals surface area contributed by atoms with Crippen LogP contribution in [0.15, 0.2) is 42.5 Å². The Morgan fingerprint density at radius 2 is 1.86 bits per heavy atom. The van der Waals surface area contributed by atoms with Crippen molar-refractivity contribution in [2.24, 2.45) is 0 Å². The van der Waals surface area contributed by atoms with E-state index < -0.39 is 0 Å². The molecule has 0 radical (unpaired) electrons. The first-order valence-corrected chi connectivity index (χ1v) is 7.10. The molecule has 0 aliphatic heterocycles. The molecule has 0 bridgehead atoms. The monoisotopic (exact) mass is 283 g/mol. The van der Waals surface area contributed by atoms with E-state index in [1.54, 1.807) is 13.2 Å². The molecule has 0 aliphatic rings. The topological polar surface area (TPSA) is 29.5 Å². The molecule has 2 rings (SSSR count). The van der Waals surface area contributed by atoms with Crippen molar-refractivity contribution in [2.75, 3.05) is 19.1 Å². The molecule has 0 heterocycles. The molecule has 0 atom stereocenters. The second-order valence-electron chi connectivity index (χ2n) is 5.07. The van der Waals surface area contributed by atoms with Crippen molar-refractivity contribution in [3.05, 3.63) is 59.2 Å². The lowest BCUT2D eigenvalue weighted by atomic mass is 10.1. The van der Waals surface area contributed by atoms with Crippen LogP contribution in [0.25, 0.3) is 0 Å². The van der Waals surface area contributed by atoms with Crippen LogP contribution in [0, 0.1) is 0 Å². The Balaban J connectivity index is 2.21. The highest BCUT2D eigenvalue weighted by atomic mass is 16.5. The van der Waals surface area contributed by atoms with Crippen molar-refractivity contribution in [1.82, 2.24) is 0 Å². The maximum atomic E-state index is 10.9. The van der Waals surface area contributed by atoms with Crippen LogP contribution in [0.2, 0.25) is 0 Å². The standard InChI is InChI=1S/C18H21NO2/c1-4-14-5-8-17(9-6-14)19(2)12-16-11-15(13-20)7-10-18(16)21-3/h5-11,13H,4,12H2,1-3H3. The predicted octanol–water partition coefficient (Wildman–Crippen LogP) is 3.71. The Morgan fingerprint density at radius 1 is 1.14 bits per heavy atom. The number of benzene rings is 2. The van der Waals surface area contributed by atoms with E-state index in [2.05, 4.69) is 36.1 Å². The molecular weight excluding hydrogens is 262 g/mol. The Bertz CT molecular complexity index is 605. The number of nitrogens with zero attached hydrogens (tertiary/aromatic N) is 1. The smallest absolute Gasteiger partial charge is 0.150 e. The molecule has 0 saturated carbocycles. The van der Waals surface area contributed by atoms with Gasteiger partial charge in [0.05, 0.1) is 7.11 Å². The fourth-order valence-corrected chi connectivity index (χ4v) is 2.33. The number of hydrogen-bond acceptors (Lipinski definition) is 3. The van der Waals surface area contributed by atoms with Gasteiger partial charge in [-0.25, -0.2) is 0 Å². The fraction of sp³-hybridized carbons (Fsp3) is 0.278. The van der Waals surface area contributed by atoms with Gasteiger partial charge in [0, 0.05) is 30.4 Å².